The van der Waals surface area contributed by atoms with E-state index < -0.39 is 46.0 Å². The molecule has 3 fully saturated rings. The molecular formula is C20H29N5O5S. The number of nitrogens with zero attached hydrogens (tertiary/aromatic N) is 1. The molecule has 1 aromatic rings. The number of β-lactam (4-membered cyclic amide) rings is 1. The van der Waals surface area contributed by atoms with Crippen LogP contribution in [-0.2, 0) is 14.4 Å². The molecule has 10 nitrogen and oxygen atoms in total. The van der Waals surface area contributed by atoms with E-state index in [4.69, 9.17) is 5.73 Å². The quantitative estimate of drug-likeness (QED) is 0.323. The second-order valence-corrected chi connectivity index (χ2v) is 9.92. The molecule has 0 saturated carbocycles. The molecule has 3 saturated heterocycles. The van der Waals surface area contributed by atoms with Crippen molar-refractivity contribution in [1.29, 1.82) is 0 Å². The molecule has 4 rings (SSSR count). The summed E-state index contributed by atoms with van der Waals surface area (Å²) in [6.07, 6.45) is 0. The summed E-state index contributed by atoms with van der Waals surface area (Å²) in [5.74, 6) is -1.94. The summed E-state index contributed by atoms with van der Waals surface area (Å²) in [4.78, 5) is 37.5. The van der Waals surface area contributed by atoms with Crippen LogP contribution >= 0.6 is 11.8 Å². The zero-order valence-corrected chi connectivity index (χ0v) is 18.3. The minimum Gasteiger partial charge on any atom is -0.508 e. The molecule has 0 aromatic heterocycles. The molecule has 31 heavy (non-hydrogen) atoms. The van der Waals surface area contributed by atoms with E-state index in [0.29, 0.717) is 5.56 Å². The largest absolute Gasteiger partial charge is 0.508 e. The van der Waals surface area contributed by atoms with E-state index in [2.05, 4.69) is 16.0 Å². The van der Waals surface area contributed by atoms with Crippen molar-refractivity contribution in [2.75, 3.05) is 26.2 Å². The van der Waals surface area contributed by atoms with Gasteiger partial charge < -0.3 is 36.8 Å². The number of nitrogens with two attached hydrogens (primary N) is 1. The number of phenolic OH excluding ortho intramolecular Hbond substituents is 1. The number of fused-ring (bicyclic) bond motifs is 1. The van der Waals surface area contributed by atoms with Gasteiger partial charge in [-0.05, 0) is 31.5 Å². The summed E-state index contributed by atoms with van der Waals surface area (Å²) in [7, 11) is 0. The molecule has 0 bridgehead atoms. The minimum atomic E-state index is -1.06. The van der Waals surface area contributed by atoms with Crippen molar-refractivity contribution in [3.63, 3.8) is 0 Å². The molecule has 3 aliphatic rings. The second kappa shape index (κ2) is 9.43. The third kappa shape index (κ3) is 4.95. The number of hydrogen-bond donors (Lipinski definition) is 6. The summed E-state index contributed by atoms with van der Waals surface area (Å²) < 4.78 is -0.648. The normalized spacial score (nSPS) is 27.3. The van der Waals surface area contributed by atoms with Gasteiger partial charge in [0, 0.05) is 30.9 Å². The number of amides is 2. The van der Waals surface area contributed by atoms with Crippen molar-refractivity contribution in [3.05, 3.63) is 29.8 Å². The van der Waals surface area contributed by atoms with Gasteiger partial charge in [-0.3, -0.25) is 9.59 Å². The lowest BCUT2D eigenvalue weighted by atomic mass is 9.95. The lowest BCUT2D eigenvalue weighted by Crippen LogP contribution is -2.71. The van der Waals surface area contributed by atoms with E-state index in [1.807, 2.05) is 0 Å². The number of carbonyl (C=O) groups excluding carboxylic acids is 2. The number of piperazine rings is 1. The van der Waals surface area contributed by atoms with Crippen LogP contribution in [0, 0.1) is 0 Å². The molecular weight excluding hydrogens is 422 g/mol. The van der Waals surface area contributed by atoms with Gasteiger partial charge in [-0.1, -0.05) is 12.1 Å². The average molecular weight is 452 g/mol. The molecule has 4 atom stereocenters. The summed E-state index contributed by atoms with van der Waals surface area (Å²) in [6, 6.07) is 3.21. The standard InChI is InChI=1S/C16H19N3O5S.C4H10N2/c1-16(2)11(15(23)24)19-13(22)10(14(19)25-16)18-12(21)9(17)7-3-5-8(20)6-4-7;1-2-6-4-3-5-1/h3-6,9-11,14,20H,17H2,1-2H3,(H,18,21)(H,23,24);5-6H,1-4H2/t9?,10-,11+,14-;/m1./s1. The number of phenols is 1. The molecule has 170 valence electrons. The molecule has 3 heterocycles. The highest BCUT2D eigenvalue weighted by Crippen LogP contribution is 2.50. The van der Waals surface area contributed by atoms with Crippen LogP contribution in [0.5, 0.6) is 5.75 Å². The number of carboxylic acids is 1. The number of hydrogen-bond acceptors (Lipinski definition) is 8. The number of carboxylic acid groups (broad SMARTS) is 1. The fourth-order valence-electron chi connectivity index (χ4n) is 3.83. The number of benzene rings is 1. The SMILES string of the molecule is C1CNCCN1.CC1(C)S[C@@H]2[C@H](NC(=O)C(N)c3ccc(O)cc3)C(=O)N2[C@H]1C(=O)O. The highest BCUT2D eigenvalue weighted by Gasteiger charge is 2.64. The first-order chi connectivity index (χ1) is 14.6. The zero-order valence-electron chi connectivity index (χ0n) is 17.5. The Kier molecular flexibility index (Phi) is 7.10. The number of carbonyl (C=O) groups is 3. The molecule has 3 aliphatic heterocycles. The Balaban J connectivity index is 0.000000391. The summed E-state index contributed by atoms with van der Waals surface area (Å²) in [5, 5.41) is 27.3. The zero-order chi connectivity index (χ0) is 22.8. The van der Waals surface area contributed by atoms with E-state index in [0.717, 1.165) is 26.2 Å². The monoisotopic (exact) mass is 451 g/mol. The fraction of sp³-hybridized carbons (Fsp3) is 0.550. The Morgan fingerprint density at radius 2 is 1.74 bits per heavy atom. The van der Waals surface area contributed by atoms with Gasteiger partial charge in [0.25, 0.3) is 0 Å². The van der Waals surface area contributed by atoms with Crippen LogP contribution in [0.2, 0.25) is 0 Å². The van der Waals surface area contributed by atoms with Crippen molar-refractivity contribution in [1.82, 2.24) is 20.9 Å². The van der Waals surface area contributed by atoms with Gasteiger partial charge >= 0.3 is 5.97 Å². The van der Waals surface area contributed by atoms with Gasteiger partial charge in [0.1, 0.15) is 29.2 Å². The molecule has 2 amide bonds. The van der Waals surface area contributed by atoms with Gasteiger partial charge in [0.15, 0.2) is 0 Å². The first-order valence-electron chi connectivity index (χ1n) is 10.1. The van der Waals surface area contributed by atoms with Gasteiger partial charge in [0.05, 0.1) is 0 Å². The maximum Gasteiger partial charge on any atom is 0.327 e. The molecule has 0 spiro atoms. The van der Waals surface area contributed by atoms with Crippen LogP contribution in [0.15, 0.2) is 24.3 Å². The maximum atomic E-state index is 12.3. The van der Waals surface area contributed by atoms with Gasteiger partial charge in [-0.15, -0.1) is 11.8 Å². The molecule has 0 aliphatic carbocycles. The molecule has 11 heteroatoms. The smallest absolute Gasteiger partial charge is 0.327 e. The van der Waals surface area contributed by atoms with Crippen molar-refractivity contribution in [2.24, 2.45) is 5.73 Å². The number of rotatable bonds is 4. The highest BCUT2D eigenvalue weighted by molar-refractivity contribution is 8.01. The average Bonchev–Trinajstić information content (AvgIpc) is 3.01. The number of aliphatic carboxylic acids is 1. The fourth-order valence-corrected chi connectivity index (χ4v) is 5.45. The topological polar surface area (TPSA) is 157 Å². The third-order valence-electron chi connectivity index (χ3n) is 5.46. The highest BCUT2D eigenvalue weighted by atomic mass is 32.2. The van der Waals surface area contributed by atoms with Gasteiger partial charge in [-0.2, -0.15) is 0 Å². The Bertz CT molecular complexity index is 818. The van der Waals surface area contributed by atoms with E-state index in [1.165, 1.54) is 40.9 Å². The van der Waals surface area contributed by atoms with Crippen LogP contribution in [0.25, 0.3) is 0 Å². The van der Waals surface area contributed by atoms with Crippen LogP contribution < -0.4 is 21.7 Å². The van der Waals surface area contributed by atoms with Crippen molar-refractivity contribution < 1.29 is 24.6 Å². The molecule has 0 radical (unpaired) electrons. The molecule has 1 aromatic carbocycles. The Hall–Kier alpha value is -2.34. The lowest BCUT2D eigenvalue weighted by molar-refractivity contribution is -0.161. The molecule has 1 unspecified atom stereocenters. The predicted octanol–water partition coefficient (Wildman–Crippen LogP) is -0.797. The van der Waals surface area contributed by atoms with Crippen molar-refractivity contribution in [3.8, 4) is 5.75 Å². The lowest BCUT2D eigenvalue weighted by Gasteiger charge is -2.43. The van der Waals surface area contributed by atoms with E-state index in [-0.39, 0.29) is 5.75 Å². The van der Waals surface area contributed by atoms with E-state index in [1.54, 1.807) is 13.8 Å². The van der Waals surface area contributed by atoms with Gasteiger partial charge in [-0.25, -0.2) is 4.79 Å². The van der Waals surface area contributed by atoms with Crippen LogP contribution in [0.1, 0.15) is 25.5 Å². The minimum absolute atomic E-state index is 0.0606. The van der Waals surface area contributed by atoms with Gasteiger partial charge in [0.2, 0.25) is 11.8 Å². The van der Waals surface area contributed by atoms with Crippen molar-refractivity contribution in [2.45, 2.75) is 42.1 Å². The summed E-state index contributed by atoms with van der Waals surface area (Å²) in [5.41, 5.74) is 6.41. The summed E-state index contributed by atoms with van der Waals surface area (Å²) >= 11 is 1.35. The van der Waals surface area contributed by atoms with Crippen LogP contribution in [0.3, 0.4) is 0 Å². The summed E-state index contributed by atoms with van der Waals surface area (Å²) in [6.45, 7) is 8.09. The molecule has 7 N–H and O–H groups in total. The first kappa shape index (κ1) is 23.3. The van der Waals surface area contributed by atoms with E-state index >= 15 is 0 Å². The Morgan fingerprint density at radius 1 is 1.19 bits per heavy atom. The predicted molar refractivity (Wildman–Crippen MR) is 116 cm³/mol. The maximum absolute atomic E-state index is 12.3. The second-order valence-electron chi connectivity index (χ2n) is 8.15. The number of nitrogens with one attached hydrogen (secondary N) is 3. The van der Waals surface area contributed by atoms with Crippen LogP contribution in [-0.4, -0.2) is 81.3 Å². The van der Waals surface area contributed by atoms with Crippen LogP contribution in [0.4, 0.5) is 0 Å². The van der Waals surface area contributed by atoms with E-state index in [9.17, 15) is 24.6 Å². The van der Waals surface area contributed by atoms with Crippen molar-refractivity contribution >= 4 is 29.5 Å². The Labute approximate surface area is 184 Å². The number of aromatic hydroxyl groups is 1. The first-order valence-corrected chi connectivity index (χ1v) is 11.0. The number of thioether (sulfide) groups is 1. The third-order valence-corrected chi connectivity index (χ3v) is 7.04. The Morgan fingerprint density at radius 3 is 2.23 bits per heavy atom.